The number of fused-ring (bicyclic) bond motifs is 1. The summed E-state index contributed by atoms with van der Waals surface area (Å²) in [5.74, 6) is 0.144. The van der Waals surface area contributed by atoms with Crippen molar-refractivity contribution in [2.45, 2.75) is 91.1 Å². The second-order valence-electron chi connectivity index (χ2n) is 14.3. The van der Waals surface area contributed by atoms with Gasteiger partial charge in [-0.15, -0.1) is 12.4 Å². The highest BCUT2D eigenvalue weighted by Crippen LogP contribution is 2.37. The highest BCUT2D eigenvalue weighted by molar-refractivity contribution is 7.92. The lowest BCUT2D eigenvalue weighted by Gasteiger charge is -2.27. The van der Waals surface area contributed by atoms with Crippen LogP contribution in [0.3, 0.4) is 0 Å². The molecule has 0 saturated heterocycles. The summed E-state index contributed by atoms with van der Waals surface area (Å²) in [5.41, 5.74) is 5.54. The maximum Gasteiger partial charge on any atom is 0.335 e. The fraction of sp³-hybridized carbons (Fsp3) is 0.395. The van der Waals surface area contributed by atoms with E-state index in [0.717, 1.165) is 46.1 Å². The van der Waals surface area contributed by atoms with Crippen LogP contribution in [0.25, 0.3) is 22.5 Å². The molecule has 0 aliphatic heterocycles. The van der Waals surface area contributed by atoms with E-state index in [1.54, 1.807) is 13.3 Å². The molecule has 0 aliphatic carbocycles. The Bertz CT molecular complexity index is 2140. The van der Waals surface area contributed by atoms with Crippen LogP contribution in [0.4, 0.5) is 5.95 Å². The van der Waals surface area contributed by atoms with E-state index in [1.807, 2.05) is 38.1 Å². The summed E-state index contributed by atoms with van der Waals surface area (Å²) < 4.78 is 41.4. The number of methoxy groups -OCH3 is 1. The first-order chi connectivity index (χ1) is 24.0. The number of aromatic nitrogens is 4. The molecule has 0 bridgehead atoms. The third-order valence-electron chi connectivity index (χ3n) is 8.51. The number of ether oxygens (including phenoxy) is 1. The number of anilines is 1. The molecule has 2 aromatic carbocycles. The van der Waals surface area contributed by atoms with Gasteiger partial charge in [-0.3, -0.25) is 0 Å². The molecule has 14 heteroatoms. The Labute approximate surface area is 311 Å². The zero-order valence-corrected chi connectivity index (χ0v) is 32.4. The number of benzene rings is 2. The molecule has 12 nitrogen and oxygen atoms in total. The summed E-state index contributed by atoms with van der Waals surface area (Å²) in [4.78, 5) is 30.0. The van der Waals surface area contributed by atoms with Crippen LogP contribution in [-0.2, 0) is 23.0 Å². The quantitative estimate of drug-likeness (QED) is 0.101. The molecule has 3 heterocycles. The van der Waals surface area contributed by atoms with Crippen molar-refractivity contribution in [2.24, 2.45) is 5.41 Å². The Morgan fingerprint density at radius 1 is 1.02 bits per heavy atom. The van der Waals surface area contributed by atoms with E-state index >= 15 is 0 Å². The maximum absolute atomic E-state index is 13.5. The number of nitrogens with zero attached hydrogens (tertiary/aromatic N) is 4. The maximum atomic E-state index is 13.5. The van der Waals surface area contributed by atoms with Gasteiger partial charge in [-0.25, -0.2) is 37.9 Å². The molecule has 278 valence electrons. The normalized spacial score (nSPS) is 12.5. The molecular formula is C38H47ClN6O6S. The molecule has 3 aromatic heterocycles. The third-order valence-corrected chi connectivity index (χ3v) is 9.84. The predicted molar refractivity (Wildman–Crippen MR) is 204 cm³/mol. The SMILES string of the molecule is COc1c(CC[C@@H](CC(C)(C)C)NCc2cnc3oc(C(C)C)cc3n2)nc(NS(=O)(=O)c2cccc(C(=O)O)c2)nc1-c1c(C)cccc1C.Cl. The molecule has 3 N–H and O–H groups in total. The van der Waals surface area contributed by atoms with E-state index < -0.39 is 16.0 Å². The monoisotopic (exact) mass is 750 g/mol. The number of sulfonamides is 1. The standard InChI is InChI=1S/C38H46N6O6S.ClH/c1-22(2)31-18-30-35(50-31)40-21-27(41-30)20-39-26(19-38(5,6)7)15-16-29-34(49-8)33(32-23(3)11-9-12-24(32)4)43-37(42-29)44-51(47,48)28-14-10-13-25(17-28)36(45)46;/h9-14,17-18,21-22,26,39H,15-16,19-20H2,1-8H3,(H,45,46)(H,42,43,44);1H/t26-;/m0./s1. The highest BCUT2D eigenvalue weighted by Gasteiger charge is 2.25. The molecule has 5 aromatic rings. The molecular weight excluding hydrogens is 704 g/mol. The molecule has 1 atom stereocenters. The van der Waals surface area contributed by atoms with E-state index in [1.165, 1.54) is 18.2 Å². The minimum absolute atomic E-state index is 0. The smallest absolute Gasteiger partial charge is 0.335 e. The van der Waals surface area contributed by atoms with Crippen molar-refractivity contribution in [1.82, 2.24) is 25.3 Å². The van der Waals surface area contributed by atoms with Gasteiger partial charge in [0.1, 0.15) is 17.0 Å². The van der Waals surface area contributed by atoms with Crippen molar-refractivity contribution in [3.63, 3.8) is 0 Å². The van der Waals surface area contributed by atoms with Crippen molar-refractivity contribution in [3.8, 4) is 17.0 Å². The average molecular weight is 751 g/mol. The molecule has 0 aliphatic rings. The number of carbonyl (C=O) groups is 1. The van der Waals surface area contributed by atoms with Gasteiger partial charge in [0.15, 0.2) is 5.75 Å². The summed E-state index contributed by atoms with van der Waals surface area (Å²) in [6.45, 7) is 15.1. The molecule has 0 saturated carbocycles. The van der Waals surface area contributed by atoms with Crippen molar-refractivity contribution in [2.75, 3.05) is 11.8 Å². The van der Waals surface area contributed by atoms with Crippen LogP contribution in [0.2, 0.25) is 0 Å². The number of furan rings is 1. The lowest BCUT2D eigenvalue weighted by atomic mass is 9.86. The molecule has 0 fully saturated rings. The number of halogens is 1. The Morgan fingerprint density at radius 3 is 2.35 bits per heavy atom. The van der Waals surface area contributed by atoms with E-state index in [4.69, 9.17) is 19.1 Å². The molecule has 52 heavy (non-hydrogen) atoms. The van der Waals surface area contributed by atoms with Gasteiger partial charge in [-0.1, -0.05) is 58.9 Å². The fourth-order valence-corrected chi connectivity index (χ4v) is 7.07. The summed E-state index contributed by atoms with van der Waals surface area (Å²) in [7, 11) is -2.69. The van der Waals surface area contributed by atoms with Gasteiger partial charge in [-0.05, 0) is 67.9 Å². The van der Waals surface area contributed by atoms with Gasteiger partial charge in [-0.2, -0.15) is 0 Å². The van der Waals surface area contributed by atoms with E-state index in [0.29, 0.717) is 42.2 Å². The number of carboxylic acid groups (broad SMARTS) is 1. The number of carboxylic acids is 1. The molecule has 5 rings (SSSR count). The first-order valence-electron chi connectivity index (χ1n) is 16.9. The first kappa shape index (κ1) is 40.2. The minimum Gasteiger partial charge on any atom is -0.493 e. The van der Waals surface area contributed by atoms with Gasteiger partial charge in [0.25, 0.3) is 10.0 Å². The topological polar surface area (TPSA) is 169 Å². The van der Waals surface area contributed by atoms with Crippen LogP contribution >= 0.6 is 12.4 Å². The lowest BCUT2D eigenvalue weighted by molar-refractivity contribution is 0.0696. The first-order valence-corrected chi connectivity index (χ1v) is 18.4. The number of aromatic carboxylic acids is 1. The minimum atomic E-state index is -4.25. The number of rotatable bonds is 14. The Kier molecular flexibility index (Phi) is 12.7. The van der Waals surface area contributed by atoms with Crippen molar-refractivity contribution in [3.05, 3.63) is 88.6 Å². The van der Waals surface area contributed by atoms with Crippen LogP contribution in [0, 0.1) is 19.3 Å². The zero-order chi connectivity index (χ0) is 37.1. The van der Waals surface area contributed by atoms with E-state index in [-0.39, 0.29) is 46.2 Å². The second-order valence-corrected chi connectivity index (χ2v) is 16.0. The summed E-state index contributed by atoms with van der Waals surface area (Å²) in [5, 5.41) is 13.1. The van der Waals surface area contributed by atoms with Crippen molar-refractivity contribution >= 4 is 45.6 Å². The van der Waals surface area contributed by atoms with Crippen LogP contribution in [0.15, 0.2) is 64.0 Å². The Balaban J connectivity index is 0.00000605. The van der Waals surface area contributed by atoms with Crippen LogP contribution < -0.4 is 14.8 Å². The number of nitrogens with one attached hydrogen (secondary N) is 2. The predicted octanol–water partition coefficient (Wildman–Crippen LogP) is 7.88. The van der Waals surface area contributed by atoms with E-state index in [2.05, 4.69) is 54.6 Å². The second kappa shape index (κ2) is 16.4. The van der Waals surface area contributed by atoms with Crippen molar-refractivity contribution in [1.29, 1.82) is 0 Å². The van der Waals surface area contributed by atoms with Crippen LogP contribution in [0.1, 0.15) is 92.0 Å². The fourth-order valence-electron chi connectivity index (χ4n) is 6.08. The van der Waals surface area contributed by atoms with Crippen LogP contribution in [-0.4, -0.2) is 52.6 Å². The Morgan fingerprint density at radius 2 is 1.71 bits per heavy atom. The molecule has 0 amide bonds. The summed E-state index contributed by atoms with van der Waals surface area (Å²) in [6.07, 6.45) is 3.64. The van der Waals surface area contributed by atoms with E-state index in [9.17, 15) is 18.3 Å². The van der Waals surface area contributed by atoms with Gasteiger partial charge in [0.2, 0.25) is 11.7 Å². The molecule has 0 radical (unpaired) electrons. The molecule has 0 spiro atoms. The van der Waals surface area contributed by atoms with Gasteiger partial charge in [0, 0.05) is 30.1 Å². The number of hydrogen-bond acceptors (Lipinski definition) is 10. The van der Waals surface area contributed by atoms with Gasteiger partial charge in [0.05, 0.1) is 35.2 Å². The molecule has 0 unspecified atom stereocenters. The number of aryl methyl sites for hydroxylation is 3. The average Bonchev–Trinajstić information content (AvgIpc) is 3.49. The van der Waals surface area contributed by atoms with Gasteiger partial charge >= 0.3 is 5.97 Å². The zero-order valence-electron chi connectivity index (χ0n) is 30.8. The summed E-state index contributed by atoms with van der Waals surface area (Å²) >= 11 is 0. The summed E-state index contributed by atoms with van der Waals surface area (Å²) in [6, 6.07) is 13.0. The van der Waals surface area contributed by atoms with Gasteiger partial charge < -0.3 is 19.6 Å². The largest absolute Gasteiger partial charge is 0.493 e. The van der Waals surface area contributed by atoms with Crippen LogP contribution in [0.5, 0.6) is 5.75 Å². The highest BCUT2D eigenvalue weighted by atomic mass is 35.5. The third kappa shape index (κ3) is 9.64. The van der Waals surface area contributed by atoms with Crippen molar-refractivity contribution < 1.29 is 27.5 Å². The Hall–Kier alpha value is -4.59. The number of hydrogen-bond donors (Lipinski definition) is 3. The lowest BCUT2D eigenvalue weighted by Crippen LogP contribution is -2.33.